The topological polar surface area (TPSA) is 38.3 Å². The molecule has 17 heavy (non-hydrogen) atoms. The first kappa shape index (κ1) is 13.6. The monoisotopic (exact) mass is 235 g/mol. The molecule has 1 aromatic rings. The molecule has 0 heterocycles. The summed E-state index contributed by atoms with van der Waals surface area (Å²) in [5.41, 5.74) is 1.18. The lowest BCUT2D eigenvalue weighted by Gasteiger charge is -2.17. The van der Waals surface area contributed by atoms with Crippen molar-refractivity contribution in [2.45, 2.75) is 46.3 Å². The van der Waals surface area contributed by atoms with Gasteiger partial charge in [-0.15, -0.1) is 0 Å². The number of hydrogen-bond donors (Lipinski definition) is 1. The maximum Gasteiger partial charge on any atom is 0.260 e. The zero-order valence-corrected chi connectivity index (χ0v) is 11.0. The van der Waals surface area contributed by atoms with Crippen LogP contribution in [0.25, 0.3) is 0 Å². The minimum atomic E-state index is -0.466. The van der Waals surface area contributed by atoms with Crippen LogP contribution in [0, 0.1) is 6.92 Å². The van der Waals surface area contributed by atoms with Crippen LogP contribution in [0.15, 0.2) is 24.3 Å². The Morgan fingerprint density at radius 3 is 2.41 bits per heavy atom. The highest BCUT2D eigenvalue weighted by molar-refractivity contribution is 5.80. The van der Waals surface area contributed by atoms with E-state index in [1.54, 1.807) is 6.92 Å². The van der Waals surface area contributed by atoms with Gasteiger partial charge in [0, 0.05) is 6.04 Å². The van der Waals surface area contributed by atoms with Crippen LogP contribution in [-0.2, 0) is 4.79 Å². The third-order valence-corrected chi connectivity index (χ3v) is 2.70. The van der Waals surface area contributed by atoms with Gasteiger partial charge in [-0.1, -0.05) is 24.6 Å². The summed E-state index contributed by atoms with van der Waals surface area (Å²) < 4.78 is 5.56. The summed E-state index contributed by atoms with van der Waals surface area (Å²) in [5, 5.41) is 2.90. The molecule has 0 spiro atoms. The lowest BCUT2D eigenvalue weighted by Crippen LogP contribution is -2.40. The molecule has 0 unspecified atom stereocenters. The fourth-order valence-corrected chi connectivity index (χ4v) is 1.34. The normalized spacial score (nSPS) is 13.9. The van der Waals surface area contributed by atoms with E-state index in [2.05, 4.69) is 5.32 Å². The van der Waals surface area contributed by atoms with Gasteiger partial charge in [0.05, 0.1) is 0 Å². The highest BCUT2D eigenvalue weighted by Crippen LogP contribution is 2.13. The number of aryl methyl sites for hydroxylation is 1. The minimum Gasteiger partial charge on any atom is -0.481 e. The van der Waals surface area contributed by atoms with E-state index < -0.39 is 6.10 Å². The van der Waals surface area contributed by atoms with Crippen molar-refractivity contribution in [1.29, 1.82) is 0 Å². The highest BCUT2D eigenvalue weighted by Gasteiger charge is 2.15. The Morgan fingerprint density at radius 2 is 1.88 bits per heavy atom. The average molecular weight is 235 g/mol. The number of nitrogens with one attached hydrogen (secondary N) is 1. The zero-order chi connectivity index (χ0) is 12.8. The van der Waals surface area contributed by atoms with E-state index in [9.17, 15) is 4.79 Å². The smallest absolute Gasteiger partial charge is 0.260 e. The second kappa shape index (κ2) is 6.28. The zero-order valence-electron chi connectivity index (χ0n) is 11.0. The van der Waals surface area contributed by atoms with E-state index in [-0.39, 0.29) is 11.9 Å². The summed E-state index contributed by atoms with van der Waals surface area (Å²) in [6, 6.07) is 7.88. The van der Waals surface area contributed by atoms with Crippen LogP contribution in [0.4, 0.5) is 0 Å². The lowest BCUT2D eigenvalue weighted by molar-refractivity contribution is -0.127. The van der Waals surface area contributed by atoms with E-state index in [1.165, 1.54) is 5.56 Å². The molecule has 0 saturated carbocycles. The van der Waals surface area contributed by atoms with Crippen LogP contribution < -0.4 is 10.1 Å². The first-order valence-electron chi connectivity index (χ1n) is 6.06. The molecule has 1 aromatic carbocycles. The third-order valence-electron chi connectivity index (χ3n) is 2.70. The van der Waals surface area contributed by atoms with Crippen LogP contribution in [0.3, 0.4) is 0 Å². The first-order valence-corrected chi connectivity index (χ1v) is 6.06. The molecule has 1 N–H and O–H groups in total. The number of hydrogen-bond acceptors (Lipinski definition) is 2. The largest absolute Gasteiger partial charge is 0.481 e. The molecular weight excluding hydrogens is 214 g/mol. The molecular formula is C14H21NO2. The van der Waals surface area contributed by atoms with Crippen LogP contribution in [0.2, 0.25) is 0 Å². The van der Waals surface area contributed by atoms with E-state index in [0.29, 0.717) is 0 Å². The molecule has 0 aromatic heterocycles. The Bertz CT molecular complexity index is 359. The first-order chi connectivity index (χ1) is 8.02. The molecule has 0 saturated heterocycles. The summed E-state index contributed by atoms with van der Waals surface area (Å²) in [7, 11) is 0. The second-order valence-corrected chi connectivity index (χ2v) is 4.39. The van der Waals surface area contributed by atoms with Gasteiger partial charge in [-0.3, -0.25) is 4.79 Å². The quantitative estimate of drug-likeness (QED) is 0.852. The van der Waals surface area contributed by atoms with Gasteiger partial charge in [0.2, 0.25) is 0 Å². The van der Waals surface area contributed by atoms with Gasteiger partial charge in [0.1, 0.15) is 5.75 Å². The van der Waals surface area contributed by atoms with Crippen molar-refractivity contribution in [3.8, 4) is 5.75 Å². The van der Waals surface area contributed by atoms with Crippen molar-refractivity contribution in [3.05, 3.63) is 29.8 Å². The number of amides is 1. The van der Waals surface area contributed by atoms with Crippen molar-refractivity contribution in [2.24, 2.45) is 0 Å². The predicted octanol–water partition coefficient (Wildman–Crippen LogP) is 2.68. The van der Waals surface area contributed by atoms with Crippen molar-refractivity contribution in [1.82, 2.24) is 5.32 Å². The van der Waals surface area contributed by atoms with Gasteiger partial charge in [-0.25, -0.2) is 0 Å². The van der Waals surface area contributed by atoms with Crippen molar-refractivity contribution >= 4 is 5.91 Å². The third kappa shape index (κ3) is 4.47. The van der Waals surface area contributed by atoms with E-state index in [4.69, 9.17) is 4.74 Å². The maximum atomic E-state index is 11.7. The molecule has 0 aliphatic heterocycles. The van der Waals surface area contributed by atoms with Crippen molar-refractivity contribution in [3.63, 3.8) is 0 Å². The SMILES string of the molecule is CC[C@@H](C)NC(=O)[C@@H](C)Oc1ccc(C)cc1. The van der Waals surface area contributed by atoms with Gasteiger partial charge in [0.15, 0.2) is 6.10 Å². The summed E-state index contributed by atoms with van der Waals surface area (Å²) in [4.78, 5) is 11.7. The van der Waals surface area contributed by atoms with Gasteiger partial charge in [-0.05, 0) is 39.3 Å². The lowest BCUT2D eigenvalue weighted by atomic mass is 10.2. The van der Waals surface area contributed by atoms with Gasteiger partial charge < -0.3 is 10.1 Å². The van der Waals surface area contributed by atoms with Crippen molar-refractivity contribution < 1.29 is 9.53 Å². The van der Waals surface area contributed by atoms with Gasteiger partial charge >= 0.3 is 0 Å². The molecule has 2 atom stereocenters. The maximum absolute atomic E-state index is 11.7. The Kier molecular flexibility index (Phi) is 5.01. The van der Waals surface area contributed by atoms with Crippen LogP contribution in [-0.4, -0.2) is 18.1 Å². The van der Waals surface area contributed by atoms with E-state index in [0.717, 1.165) is 12.2 Å². The molecule has 94 valence electrons. The Balaban J connectivity index is 2.51. The van der Waals surface area contributed by atoms with E-state index in [1.807, 2.05) is 45.0 Å². The fourth-order valence-electron chi connectivity index (χ4n) is 1.34. The molecule has 3 heteroatoms. The summed E-state index contributed by atoms with van der Waals surface area (Å²) >= 11 is 0. The van der Waals surface area contributed by atoms with E-state index >= 15 is 0 Å². The number of carbonyl (C=O) groups is 1. The van der Waals surface area contributed by atoms with Gasteiger partial charge in [0.25, 0.3) is 5.91 Å². The Morgan fingerprint density at radius 1 is 1.29 bits per heavy atom. The Hall–Kier alpha value is -1.51. The van der Waals surface area contributed by atoms with Crippen LogP contribution in [0.5, 0.6) is 5.75 Å². The summed E-state index contributed by atoms with van der Waals surface area (Å²) in [5.74, 6) is 0.655. The highest BCUT2D eigenvalue weighted by atomic mass is 16.5. The van der Waals surface area contributed by atoms with Crippen LogP contribution in [0.1, 0.15) is 32.8 Å². The van der Waals surface area contributed by atoms with Crippen LogP contribution >= 0.6 is 0 Å². The number of ether oxygens (including phenoxy) is 1. The molecule has 0 fully saturated rings. The molecule has 3 nitrogen and oxygen atoms in total. The molecule has 0 bridgehead atoms. The van der Waals surface area contributed by atoms with Gasteiger partial charge in [-0.2, -0.15) is 0 Å². The number of carbonyl (C=O) groups excluding carboxylic acids is 1. The number of rotatable bonds is 5. The molecule has 0 aliphatic carbocycles. The van der Waals surface area contributed by atoms with Crippen molar-refractivity contribution in [2.75, 3.05) is 0 Å². The second-order valence-electron chi connectivity index (χ2n) is 4.39. The number of benzene rings is 1. The Labute approximate surface area is 103 Å². The summed E-state index contributed by atoms with van der Waals surface area (Å²) in [6.07, 6.45) is 0.454. The average Bonchev–Trinajstić information content (AvgIpc) is 2.31. The predicted molar refractivity (Wildman–Crippen MR) is 69.2 cm³/mol. The fraction of sp³-hybridized carbons (Fsp3) is 0.500. The molecule has 1 rings (SSSR count). The molecule has 0 aliphatic rings. The standard InChI is InChI=1S/C14H21NO2/c1-5-11(3)15-14(16)12(4)17-13-8-6-10(2)7-9-13/h6-9,11-12H,5H2,1-4H3,(H,15,16)/t11-,12-/m1/s1. The summed E-state index contributed by atoms with van der Waals surface area (Å²) in [6.45, 7) is 7.80. The minimum absolute atomic E-state index is 0.0695. The molecule has 0 radical (unpaired) electrons. The molecule has 1 amide bonds.